The van der Waals surface area contributed by atoms with E-state index in [2.05, 4.69) is 22.8 Å². The highest BCUT2D eigenvalue weighted by Crippen LogP contribution is 2.32. The third kappa shape index (κ3) is 2.70. The van der Waals surface area contributed by atoms with Crippen LogP contribution in [0.25, 0.3) is 0 Å². The summed E-state index contributed by atoms with van der Waals surface area (Å²) in [6.07, 6.45) is 2.14. The Labute approximate surface area is 141 Å². The lowest BCUT2D eigenvalue weighted by atomic mass is 9.88. The van der Waals surface area contributed by atoms with Crippen LogP contribution in [0, 0.1) is 0 Å². The minimum Gasteiger partial charge on any atom is -0.372 e. The molecule has 2 atom stereocenters. The molecule has 4 rings (SSSR count). The van der Waals surface area contributed by atoms with E-state index in [1.54, 1.807) is 4.90 Å². The molecule has 6 heteroatoms. The number of nitrogens with zero attached hydrogens (tertiary/aromatic N) is 1. The van der Waals surface area contributed by atoms with Gasteiger partial charge in [0, 0.05) is 18.5 Å². The second-order valence-corrected chi connectivity index (χ2v) is 6.99. The molecule has 0 aromatic heterocycles. The van der Waals surface area contributed by atoms with Gasteiger partial charge in [-0.25, -0.2) is 0 Å². The Morgan fingerprint density at radius 2 is 1.92 bits per heavy atom. The Kier molecular flexibility index (Phi) is 4.02. The van der Waals surface area contributed by atoms with Crippen LogP contribution in [-0.2, 0) is 11.3 Å². The van der Waals surface area contributed by atoms with Crippen molar-refractivity contribution in [2.75, 3.05) is 13.1 Å². The highest BCUT2D eigenvalue weighted by molar-refractivity contribution is 5.98. The van der Waals surface area contributed by atoms with Crippen molar-refractivity contribution in [2.24, 2.45) is 0 Å². The highest BCUT2D eigenvalue weighted by Gasteiger charge is 2.39. The van der Waals surface area contributed by atoms with Crippen LogP contribution in [0.3, 0.4) is 0 Å². The van der Waals surface area contributed by atoms with E-state index in [0.29, 0.717) is 25.3 Å². The summed E-state index contributed by atoms with van der Waals surface area (Å²) in [4.78, 5) is 25.8. The molecule has 0 bridgehead atoms. The summed E-state index contributed by atoms with van der Waals surface area (Å²) in [5.41, 5.74) is 3.08. The van der Waals surface area contributed by atoms with Gasteiger partial charge in [-0.15, -0.1) is 0 Å². The van der Waals surface area contributed by atoms with Crippen LogP contribution < -0.4 is 10.6 Å². The number of hydrogen-bond acceptors (Lipinski definition) is 4. The minimum atomic E-state index is -0.978. The first-order valence-corrected chi connectivity index (χ1v) is 8.75. The highest BCUT2D eigenvalue weighted by atomic mass is 16.3. The largest absolute Gasteiger partial charge is 0.372 e. The van der Waals surface area contributed by atoms with Crippen molar-refractivity contribution >= 4 is 11.8 Å². The van der Waals surface area contributed by atoms with Gasteiger partial charge in [-0.05, 0) is 55.5 Å². The van der Waals surface area contributed by atoms with Gasteiger partial charge in [0.1, 0.15) is 6.23 Å². The molecule has 0 aliphatic carbocycles. The molecule has 24 heavy (non-hydrogen) atoms. The number of fused-ring (bicyclic) bond motifs is 1. The van der Waals surface area contributed by atoms with Gasteiger partial charge in [-0.3, -0.25) is 9.59 Å². The fraction of sp³-hybridized carbons (Fsp3) is 0.556. The predicted octanol–water partition coefficient (Wildman–Crippen LogP) is 0.706. The van der Waals surface area contributed by atoms with E-state index in [1.807, 2.05) is 6.07 Å². The summed E-state index contributed by atoms with van der Waals surface area (Å²) < 4.78 is 0. The molecule has 3 aliphatic heterocycles. The summed E-state index contributed by atoms with van der Waals surface area (Å²) >= 11 is 0. The molecule has 3 aliphatic rings. The molecule has 2 unspecified atom stereocenters. The lowest BCUT2D eigenvalue weighted by Crippen LogP contribution is -2.55. The van der Waals surface area contributed by atoms with Crippen molar-refractivity contribution in [3.63, 3.8) is 0 Å². The molecule has 0 saturated carbocycles. The Hall–Kier alpha value is -1.92. The topological polar surface area (TPSA) is 81.7 Å². The lowest BCUT2D eigenvalue weighted by Gasteiger charge is -2.35. The van der Waals surface area contributed by atoms with E-state index in [-0.39, 0.29) is 17.9 Å². The number of benzene rings is 1. The Morgan fingerprint density at radius 1 is 1.12 bits per heavy atom. The maximum Gasteiger partial charge on any atom is 0.254 e. The average molecular weight is 329 g/mol. The third-order valence-corrected chi connectivity index (χ3v) is 5.51. The second-order valence-electron chi connectivity index (χ2n) is 6.99. The number of aliphatic hydroxyl groups is 1. The predicted molar refractivity (Wildman–Crippen MR) is 88.3 cm³/mol. The number of carbonyl (C=O) groups is 2. The number of amides is 2. The Bertz CT molecular complexity index is 669. The second kappa shape index (κ2) is 6.18. The molecule has 1 aromatic rings. The standard InChI is InChI=1S/C18H23N3O3/c22-16-4-3-15(17(23)20-16)21-10-13-9-12(1-2-14(13)18(21)24)11-5-7-19-8-6-11/h1-2,9,11,15,17,19,23H,3-8,10H2,(H,20,22). The van der Waals surface area contributed by atoms with E-state index in [1.165, 1.54) is 5.56 Å². The van der Waals surface area contributed by atoms with Crippen molar-refractivity contribution in [3.05, 3.63) is 34.9 Å². The van der Waals surface area contributed by atoms with Crippen molar-refractivity contribution in [3.8, 4) is 0 Å². The molecule has 2 amide bonds. The molecular formula is C18H23N3O3. The monoisotopic (exact) mass is 329 g/mol. The molecule has 3 heterocycles. The van der Waals surface area contributed by atoms with E-state index in [0.717, 1.165) is 37.1 Å². The number of piperidine rings is 2. The third-order valence-electron chi connectivity index (χ3n) is 5.51. The van der Waals surface area contributed by atoms with Crippen molar-refractivity contribution in [2.45, 2.75) is 50.4 Å². The molecule has 128 valence electrons. The molecule has 0 spiro atoms. The van der Waals surface area contributed by atoms with Crippen LogP contribution in [0.5, 0.6) is 0 Å². The first-order chi connectivity index (χ1) is 11.6. The summed E-state index contributed by atoms with van der Waals surface area (Å²) in [5, 5.41) is 16.0. The number of carbonyl (C=O) groups excluding carboxylic acids is 2. The van der Waals surface area contributed by atoms with Crippen molar-refractivity contribution in [1.82, 2.24) is 15.5 Å². The molecular weight excluding hydrogens is 306 g/mol. The van der Waals surface area contributed by atoms with Gasteiger partial charge in [-0.1, -0.05) is 12.1 Å². The summed E-state index contributed by atoms with van der Waals surface area (Å²) in [6.45, 7) is 2.60. The molecule has 1 aromatic carbocycles. The zero-order chi connectivity index (χ0) is 16.7. The van der Waals surface area contributed by atoms with Gasteiger partial charge in [0.15, 0.2) is 0 Å². The van der Waals surface area contributed by atoms with E-state index in [4.69, 9.17) is 0 Å². The van der Waals surface area contributed by atoms with Gasteiger partial charge in [-0.2, -0.15) is 0 Å². The first-order valence-electron chi connectivity index (χ1n) is 8.75. The van der Waals surface area contributed by atoms with Crippen molar-refractivity contribution in [1.29, 1.82) is 0 Å². The number of hydrogen-bond donors (Lipinski definition) is 3. The summed E-state index contributed by atoms with van der Waals surface area (Å²) in [5.74, 6) is 0.360. The number of aliphatic hydroxyl groups excluding tert-OH is 1. The van der Waals surface area contributed by atoms with Gasteiger partial charge < -0.3 is 20.6 Å². The van der Waals surface area contributed by atoms with Crippen LogP contribution in [0.15, 0.2) is 18.2 Å². The summed E-state index contributed by atoms with van der Waals surface area (Å²) in [6, 6.07) is 5.83. The zero-order valence-corrected chi connectivity index (χ0v) is 13.6. The first kappa shape index (κ1) is 15.6. The van der Waals surface area contributed by atoms with E-state index >= 15 is 0 Å². The molecule has 6 nitrogen and oxygen atoms in total. The number of nitrogens with one attached hydrogen (secondary N) is 2. The van der Waals surface area contributed by atoms with E-state index in [9.17, 15) is 14.7 Å². The van der Waals surface area contributed by atoms with Crippen LogP contribution >= 0.6 is 0 Å². The van der Waals surface area contributed by atoms with Gasteiger partial charge in [0.05, 0.1) is 6.04 Å². The van der Waals surface area contributed by atoms with Crippen LogP contribution in [-0.4, -0.2) is 47.2 Å². The fourth-order valence-corrected chi connectivity index (χ4v) is 4.14. The Balaban J connectivity index is 1.54. The van der Waals surface area contributed by atoms with Crippen LogP contribution in [0.2, 0.25) is 0 Å². The van der Waals surface area contributed by atoms with E-state index < -0.39 is 6.23 Å². The average Bonchev–Trinajstić information content (AvgIpc) is 2.92. The van der Waals surface area contributed by atoms with Gasteiger partial charge in [0.2, 0.25) is 5.91 Å². The number of rotatable bonds is 2. The molecule has 0 radical (unpaired) electrons. The quantitative estimate of drug-likeness (QED) is 0.746. The van der Waals surface area contributed by atoms with Crippen molar-refractivity contribution < 1.29 is 14.7 Å². The fourth-order valence-electron chi connectivity index (χ4n) is 4.14. The Morgan fingerprint density at radius 3 is 2.67 bits per heavy atom. The maximum absolute atomic E-state index is 12.7. The van der Waals surface area contributed by atoms with Crippen LogP contribution in [0.4, 0.5) is 0 Å². The summed E-state index contributed by atoms with van der Waals surface area (Å²) in [7, 11) is 0. The smallest absolute Gasteiger partial charge is 0.254 e. The SMILES string of the molecule is O=C1CCC(N2Cc3cc(C4CCNCC4)ccc3C2=O)C(O)N1. The molecule has 2 saturated heterocycles. The lowest BCUT2D eigenvalue weighted by molar-refractivity contribution is -0.129. The van der Waals surface area contributed by atoms with Gasteiger partial charge >= 0.3 is 0 Å². The normalized spacial score (nSPS) is 28.0. The minimum absolute atomic E-state index is 0.0398. The van der Waals surface area contributed by atoms with Crippen LogP contribution in [0.1, 0.15) is 53.1 Å². The maximum atomic E-state index is 12.7. The zero-order valence-electron chi connectivity index (χ0n) is 13.6. The molecule has 2 fully saturated rings. The van der Waals surface area contributed by atoms with Gasteiger partial charge in [0.25, 0.3) is 5.91 Å². The molecule has 3 N–H and O–H groups in total.